The van der Waals surface area contributed by atoms with Gasteiger partial charge in [-0.1, -0.05) is 18.2 Å². The molecule has 0 bridgehead atoms. The van der Waals surface area contributed by atoms with Crippen molar-refractivity contribution in [1.82, 2.24) is 9.97 Å². The van der Waals surface area contributed by atoms with Crippen LogP contribution in [0.5, 0.6) is 0 Å². The van der Waals surface area contributed by atoms with Crippen molar-refractivity contribution in [1.29, 1.82) is 0 Å². The van der Waals surface area contributed by atoms with E-state index in [0.29, 0.717) is 6.04 Å². The molecular formula is C17H18N3. The van der Waals surface area contributed by atoms with Gasteiger partial charge in [0, 0.05) is 29.4 Å². The highest BCUT2D eigenvalue weighted by molar-refractivity contribution is 5.66. The van der Waals surface area contributed by atoms with Gasteiger partial charge in [0.2, 0.25) is 5.95 Å². The van der Waals surface area contributed by atoms with Crippen molar-refractivity contribution < 1.29 is 0 Å². The van der Waals surface area contributed by atoms with Crippen molar-refractivity contribution in [2.45, 2.75) is 38.6 Å². The molecule has 0 unspecified atom stereocenters. The van der Waals surface area contributed by atoms with Crippen molar-refractivity contribution in [3.63, 3.8) is 0 Å². The zero-order valence-corrected chi connectivity index (χ0v) is 11.8. The summed E-state index contributed by atoms with van der Waals surface area (Å²) in [7, 11) is 0. The fourth-order valence-corrected chi connectivity index (χ4v) is 3.14. The Morgan fingerprint density at radius 3 is 2.95 bits per heavy atom. The molecule has 2 aliphatic rings. The lowest BCUT2D eigenvalue weighted by atomic mass is 10.0. The Labute approximate surface area is 119 Å². The Hall–Kier alpha value is -1.90. The van der Waals surface area contributed by atoms with E-state index >= 15 is 0 Å². The number of fused-ring (bicyclic) bond motifs is 1. The van der Waals surface area contributed by atoms with Crippen LogP contribution in [-0.2, 0) is 12.8 Å². The highest BCUT2D eigenvalue weighted by atomic mass is 15.3. The Morgan fingerprint density at radius 2 is 2.25 bits per heavy atom. The van der Waals surface area contributed by atoms with Gasteiger partial charge >= 0.3 is 0 Å². The first kappa shape index (κ1) is 11.9. The van der Waals surface area contributed by atoms with E-state index < -0.39 is 0 Å². The van der Waals surface area contributed by atoms with Gasteiger partial charge in [-0.25, -0.2) is 9.97 Å². The lowest BCUT2D eigenvalue weighted by Crippen LogP contribution is -2.46. The summed E-state index contributed by atoms with van der Waals surface area (Å²) in [5.41, 5.74) is 4.90. The molecule has 1 atom stereocenters. The molecule has 4 rings (SSSR count). The van der Waals surface area contributed by atoms with Crippen LogP contribution in [0.1, 0.15) is 31.0 Å². The van der Waals surface area contributed by atoms with Crippen LogP contribution in [-0.4, -0.2) is 22.6 Å². The predicted molar refractivity (Wildman–Crippen MR) is 79.8 cm³/mol. The number of hydrogen-bond donors (Lipinski definition) is 0. The Bertz CT molecular complexity index is 636. The maximum atomic E-state index is 4.88. The van der Waals surface area contributed by atoms with E-state index in [2.05, 4.69) is 24.0 Å². The second-order valence-corrected chi connectivity index (χ2v) is 5.77. The molecule has 1 radical (unpaired) electrons. The van der Waals surface area contributed by atoms with E-state index in [0.717, 1.165) is 31.0 Å². The normalized spacial score (nSPS) is 20.6. The van der Waals surface area contributed by atoms with E-state index in [4.69, 9.17) is 9.97 Å². The first-order chi connectivity index (χ1) is 9.83. The summed E-state index contributed by atoms with van der Waals surface area (Å²) in [6, 6.07) is 11.9. The minimum atomic E-state index is 0.574. The third kappa shape index (κ3) is 1.80. The minimum Gasteiger partial charge on any atom is -0.338 e. The molecule has 1 aromatic heterocycles. The average Bonchev–Trinajstić information content (AvgIpc) is 2.94. The van der Waals surface area contributed by atoms with E-state index in [1.807, 2.05) is 18.2 Å². The Kier molecular flexibility index (Phi) is 2.72. The number of aryl methyl sites for hydroxylation is 1. The van der Waals surface area contributed by atoms with Crippen LogP contribution in [0, 0.1) is 6.07 Å². The molecule has 0 amide bonds. The number of anilines is 1. The maximum Gasteiger partial charge on any atom is 0.226 e. The van der Waals surface area contributed by atoms with Crippen LogP contribution in [0.4, 0.5) is 5.95 Å². The third-order valence-electron chi connectivity index (χ3n) is 4.48. The average molecular weight is 264 g/mol. The van der Waals surface area contributed by atoms with Crippen molar-refractivity contribution in [2.24, 2.45) is 0 Å². The zero-order chi connectivity index (χ0) is 13.5. The molecule has 1 fully saturated rings. The summed E-state index contributed by atoms with van der Waals surface area (Å²) < 4.78 is 0. The molecule has 2 aromatic rings. The van der Waals surface area contributed by atoms with E-state index in [-0.39, 0.29) is 0 Å². The molecule has 3 nitrogen and oxygen atoms in total. The molecule has 101 valence electrons. The smallest absolute Gasteiger partial charge is 0.226 e. The first-order valence-electron chi connectivity index (χ1n) is 7.46. The molecule has 0 N–H and O–H groups in total. The number of rotatable bonds is 2. The molecule has 20 heavy (non-hydrogen) atoms. The molecule has 1 aromatic carbocycles. The summed E-state index contributed by atoms with van der Waals surface area (Å²) in [5, 5.41) is 0. The number of aromatic nitrogens is 2. The highest BCUT2D eigenvalue weighted by Crippen LogP contribution is 2.33. The summed E-state index contributed by atoms with van der Waals surface area (Å²) in [5.74, 6) is 0.920. The van der Waals surface area contributed by atoms with Crippen molar-refractivity contribution in [3.05, 3.63) is 41.6 Å². The fraction of sp³-hybridized carbons (Fsp3) is 0.412. The van der Waals surface area contributed by atoms with Crippen LogP contribution >= 0.6 is 0 Å². The Balaban J connectivity index is 1.85. The molecule has 1 saturated heterocycles. The van der Waals surface area contributed by atoms with E-state index in [1.54, 1.807) is 0 Å². The molecule has 0 spiro atoms. The van der Waals surface area contributed by atoms with Gasteiger partial charge in [-0.05, 0) is 44.7 Å². The summed E-state index contributed by atoms with van der Waals surface area (Å²) >= 11 is 0. The minimum absolute atomic E-state index is 0.574. The van der Waals surface area contributed by atoms with Crippen LogP contribution < -0.4 is 4.90 Å². The zero-order valence-electron chi connectivity index (χ0n) is 11.8. The highest BCUT2D eigenvalue weighted by Gasteiger charge is 2.29. The number of nitrogens with zero attached hydrogens (tertiary/aromatic N) is 3. The van der Waals surface area contributed by atoms with E-state index in [9.17, 15) is 0 Å². The summed E-state index contributed by atoms with van der Waals surface area (Å²) in [6.45, 7) is 3.33. The second-order valence-electron chi connectivity index (χ2n) is 5.77. The predicted octanol–water partition coefficient (Wildman–Crippen LogP) is 3.03. The van der Waals surface area contributed by atoms with Gasteiger partial charge < -0.3 is 4.90 Å². The molecular weight excluding hydrogens is 246 g/mol. The van der Waals surface area contributed by atoms with Crippen LogP contribution in [0.3, 0.4) is 0 Å². The van der Waals surface area contributed by atoms with Crippen molar-refractivity contribution in [2.75, 3.05) is 11.4 Å². The standard InChI is InChI=1S/C17H18N3/c1-12-10-11-20(12)17-18-15-9-5-8-14(15)16(19-17)13-6-3-2-4-7-13/h2-3,6-7,12H,5,8-11H2,1H3/t12-/m0/s1. The van der Waals surface area contributed by atoms with Crippen LogP contribution in [0.15, 0.2) is 24.3 Å². The number of benzene rings is 1. The van der Waals surface area contributed by atoms with Gasteiger partial charge in [-0.2, -0.15) is 0 Å². The van der Waals surface area contributed by atoms with Gasteiger partial charge in [-0.15, -0.1) is 0 Å². The topological polar surface area (TPSA) is 29.0 Å². The molecule has 2 heterocycles. The van der Waals surface area contributed by atoms with Crippen LogP contribution in [0.25, 0.3) is 11.3 Å². The SMILES string of the molecule is C[C@H]1CCN1c1nc2c(c(-c3c[c]ccc3)n1)CCC2. The van der Waals surface area contributed by atoms with Gasteiger partial charge in [0.25, 0.3) is 0 Å². The van der Waals surface area contributed by atoms with E-state index in [1.165, 1.54) is 29.7 Å². The summed E-state index contributed by atoms with van der Waals surface area (Å²) in [6.07, 6.45) is 4.65. The lowest BCUT2D eigenvalue weighted by molar-refractivity contribution is 0.470. The van der Waals surface area contributed by atoms with Gasteiger partial charge in [-0.3, -0.25) is 0 Å². The van der Waals surface area contributed by atoms with Gasteiger partial charge in [0.15, 0.2) is 0 Å². The van der Waals surface area contributed by atoms with Crippen LogP contribution in [0.2, 0.25) is 0 Å². The summed E-state index contributed by atoms with van der Waals surface area (Å²) in [4.78, 5) is 12.0. The molecule has 3 heteroatoms. The third-order valence-corrected chi connectivity index (χ3v) is 4.48. The first-order valence-corrected chi connectivity index (χ1v) is 7.46. The second kappa shape index (κ2) is 4.58. The molecule has 1 aliphatic heterocycles. The number of hydrogen-bond acceptors (Lipinski definition) is 3. The largest absolute Gasteiger partial charge is 0.338 e. The van der Waals surface area contributed by atoms with Crippen molar-refractivity contribution in [3.8, 4) is 11.3 Å². The Morgan fingerprint density at radius 1 is 1.30 bits per heavy atom. The lowest BCUT2D eigenvalue weighted by Gasteiger charge is -2.39. The quantitative estimate of drug-likeness (QED) is 0.835. The van der Waals surface area contributed by atoms with Crippen molar-refractivity contribution >= 4 is 5.95 Å². The van der Waals surface area contributed by atoms with Gasteiger partial charge in [0.05, 0.1) is 5.69 Å². The molecule has 0 saturated carbocycles. The van der Waals surface area contributed by atoms with Gasteiger partial charge in [0.1, 0.15) is 0 Å². The monoisotopic (exact) mass is 264 g/mol. The maximum absolute atomic E-state index is 4.88. The molecule has 1 aliphatic carbocycles. The fourth-order valence-electron chi connectivity index (χ4n) is 3.14.